The minimum absolute atomic E-state index is 0.139. The van der Waals surface area contributed by atoms with Crippen LogP contribution in [-0.4, -0.2) is 34.5 Å². The number of hydrogen-bond donors (Lipinski definition) is 1. The van der Waals surface area contributed by atoms with Gasteiger partial charge in [-0.3, -0.25) is 4.79 Å². The number of ether oxygens (including phenoxy) is 1. The Bertz CT molecular complexity index is 557. The number of benzene rings is 1. The topological polar surface area (TPSA) is 72.5 Å². The molecule has 0 aromatic heterocycles. The van der Waals surface area contributed by atoms with E-state index < -0.39 is 20.7 Å². The predicted octanol–water partition coefficient (Wildman–Crippen LogP) is 1.34. The molecule has 1 rings (SSSR count). The molecule has 0 spiro atoms. The number of nitrogens with one attached hydrogen (secondary N) is 1. The second-order valence-electron chi connectivity index (χ2n) is 3.95. The van der Waals surface area contributed by atoms with Crippen LogP contribution >= 0.6 is 0 Å². The smallest absolute Gasteiger partial charge is 0.243 e. The zero-order chi connectivity index (χ0) is 14.5. The third kappa shape index (κ3) is 4.38. The van der Waals surface area contributed by atoms with Gasteiger partial charge in [0.1, 0.15) is 10.7 Å². The molecule has 0 aliphatic carbocycles. The highest BCUT2D eigenvalue weighted by atomic mass is 32.2. The number of rotatable bonds is 7. The molecule has 0 aliphatic heterocycles. The van der Waals surface area contributed by atoms with Crippen LogP contribution in [0.3, 0.4) is 0 Å². The second kappa shape index (κ2) is 6.74. The molecular weight excluding hydrogens is 273 g/mol. The van der Waals surface area contributed by atoms with Crippen LogP contribution in [0.15, 0.2) is 23.1 Å². The van der Waals surface area contributed by atoms with Crippen molar-refractivity contribution in [3.63, 3.8) is 0 Å². The van der Waals surface area contributed by atoms with Crippen molar-refractivity contribution in [2.75, 3.05) is 20.3 Å². The number of ketones is 1. The third-order valence-corrected chi connectivity index (χ3v) is 3.92. The van der Waals surface area contributed by atoms with Gasteiger partial charge in [-0.25, -0.2) is 17.5 Å². The standard InChI is InChI=1S/C12H16FNO4S/c1-9(15)10-4-5-11(13)12(8-10)19(16,17)14-6-3-7-18-2/h4-5,8,14H,3,6-7H2,1-2H3. The average Bonchev–Trinajstić information content (AvgIpc) is 2.34. The summed E-state index contributed by atoms with van der Waals surface area (Å²) >= 11 is 0. The van der Waals surface area contributed by atoms with E-state index in [-0.39, 0.29) is 17.9 Å². The highest BCUT2D eigenvalue weighted by Crippen LogP contribution is 2.16. The van der Waals surface area contributed by atoms with E-state index in [1.54, 1.807) is 0 Å². The number of carbonyl (C=O) groups excluding carboxylic acids is 1. The van der Waals surface area contributed by atoms with E-state index in [1.807, 2.05) is 0 Å². The summed E-state index contributed by atoms with van der Waals surface area (Å²) in [7, 11) is -2.46. The Kier molecular flexibility index (Phi) is 5.59. The molecule has 0 atom stereocenters. The highest BCUT2D eigenvalue weighted by Gasteiger charge is 2.19. The van der Waals surface area contributed by atoms with Gasteiger partial charge < -0.3 is 4.74 Å². The van der Waals surface area contributed by atoms with Crippen molar-refractivity contribution in [1.29, 1.82) is 0 Å². The van der Waals surface area contributed by atoms with Crippen molar-refractivity contribution in [2.45, 2.75) is 18.2 Å². The molecular formula is C12H16FNO4S. The van der Waals surface area contributed by atoms with Crippen LogP contribution in [0.5, 0.6) is 0 Å². The maximum atomic E-state index is 13.5. The summed E-state index contributed by atoms with van der Waals surface area (Å²) in [6.07, 6.45) is 0.476. The number of methoxy groups -OCH3 is 1. The normalized spacial score (nSPS) is 11.5. The van der Waals surface area contributed by atoms with Crippen LogP contribution in [0.4, 0.5) is 4.39 Å². The number of halogens is 1. The fourth-order valence-corrected chi connectivity index (χ4v) is 2.60. The molecule has 0 aliphatic rings. The first-order valence-corrected chi connectivity index (χ1v) is 7.16. The Hall–Kier alpha value is -1.31. The summed E-state index contributed by atoms with van der Waals surface area (Å²) in [6, 6.07) is 3.26. The molecule has 0 heterocycles. The first-order chi connectivity index (χ1) is 8.88. The molecule has 106 valence electrons. The lowest BCUT2D eigenvalue weighted by molar-refractivity contribution is 0.101. The Morgan fingerprint density at radius 2 is 2.11 bits per heavy atom. The van der Waals surface area contributed by atoms with Gasteiger partial charge in [-0.15, -0.1) is 0 Å². The summed E-state index contributed by atoms with van der Waals surface area (Å²) < 4.78 is 44.4. The SMILES string of the molecule is COCCCNS(=O)(=O)c1cc(C(C)=O)ccc1F. The maximum Gasteiger partial charge on any atom is 0.243 e. The lowest BCUT2D eigenvalue weighted by atomic mass is 10.1. The van der Waals surface area contributed by atoms with Crippen molar-refractivity contribution in [3.8, 4) is 0 Å². The van der Waals surface area contributed by atoms with Crippen molar-refractivity contribution >= 4 is 15.8 Å². The Morgan fingerprint density at radius 3 is 2.68 bits per heavy atom. The van der Waals surface area contributed by atoms with Gasteiger partial charge in [0.2, 0.25) is 10.0 Å². The quantitative estimate of drug-likeness (QED) is 0.607. The van der Waals surface area contributed by atoms with Gasteiger partial charge in [0.15, 0.2) is 5.78 Å². The molecule has 1 N–H and O–H groups in total. The van der Waals surface area contributed by atoms with Crippen LogP contribution < -0.4 is 4.72 Å². The molecule has 0 fully saturated rings. The summed E-state index contributed by atoms with van der Waals surface area (Å²) in [6.45, 7) is 1.83. The molecule has 7 heteroatoms. The third-order valence-electron chi connectivity index (χ3n) is 2.44. The zero-order valence-electron chi connectivity index (χ0n) is 10.8. The van der Waals surface area contributed by atoms with E-state index in [9.17, 15) is 17.6 Å². The summed E-state index contributed by atoms with van der Waals surface area (Å²) in [5, 5.41) is 0. The zero-order valence-corrected chi connectivity index (χ0v) is 11.6. The van der Waals surface area contributed by atoms with Gasteiger partial charge in [-0.05, 0) is 31.5 Å². The first kappa shape index (κ1) is 15.7. The van der Waals surface area contributed by atoms with Gasteiger partial charge in [0.05, 0.1) is 0 Å². The van der Waals surface area contributed by atoms with Crippen LogP contribution in [0.1, 0.15) is 23.7 Å². The number of Topliss-reactive ketones (excluding diaryl/α,β-unsaturated/α-hetero) is 1. The van der Waals surface area contributed by atoms with E-state index in [0.717, 1.165) is 12.1 Å². The average molecular weight is 289 g/mol. The van der Waals surface area contributed by atoms with Crippen molar-refractivity contribution in [2.24, 2.45) is 0 Å². The molecule has 5 nitrogen and oxygen atoms in total. The largest absolute Gasteiger partial charge is 0.385 e. The fourth-order valence-electron chi connectivity index (χ4n) is 1.43. The van der Waals surface area contributed by atoms with Crippen molar-refractivity contribution in [1.82, 2.24) is 4.72 Å². The molecule has 1 aromatic rings. The Morgan fingerprint density at radius 1 is 1.42 bits per heavy atom. The van der Waals surface area contributed by atoms with E-state index in [4.69, 9.17) is 4.74 Å². The number of hydrogen-bond acceptors (Lipinski definition) is 4. The van der Waals surface area contributed by atoms with E-state index >= 15 is 0 Å². The van der Waals surface area contributed by atoms with Crippen LogP contribution in [0.25, 0.3) is 0 Å². The van der Waals surface area contributed by atoms with E-state index in [0.29, 0.717) is 13.0 Å². The molecule has 0 amide bonds. The predicted molar refractivity (Wildman–Crippen MR) is 68.1 cm³/mol. The molecule has 0 unspecified atom stereocenters. The molecule has 0 radical (unpaired) electrons. The summed E-state index contributed by atoms with van der Waals surface area (Å²) in [5.41, 5.74) is 0.152. The summed E-state index contributed by atoms with van der Waals surface area (Å²) in [4.78, 5) is 10.7. The minimum Gasteiger partial charge on any atom is -0.385 e. The monoisotopic (exact) mass is 289 g/mol. The number of carbonyl (C=O) groups is 1. The lowest BCUT2D eigenvalue weighted by Gasteiger charge is -2.08. The van der Waals surface area contributed by atoms with Gasteiger partial charge in [-0.1, -0.05) is 0 Å². The first-order valence-electron chi connectivity index (χ1n) is 5.67. The van der Waals surface area contributed by atoms with Gasteiger partial charge >= 0.3 is 0 Å². The van der Waals surface area contributed by atoms with Crippen LogP contribution in [-0.2, 0) is 14.8 Å². The van der Waals surface area contributed by atoms with Gasteiger partial charge in [0.25, 0.3) is 0 Å². The number of sulfonamides is 1. The Labute approximate surface area is 111 Å². The highest BCUT2D eigenvalue weighted by molar-refractivity contribution is 7.89. The Balaban J connectivity index is 2.94. The maximum absolute atomic E-state index is 13.5. The van der Waals surface area contributed by atoms with Crippen molar-refractivity contribution < 1.29 is 22.3 Å². The van der Waals surface area contributed by atoms with Crippen molar-refractivity contribution in [3.05, 3.63) is 29.6 Å². The second-order valence-corrected chi connectivity index (χ2v) is 5.68. The summed E-state index contributed by atoms with van der Waals surface area (Å²) in [5.74, 6) is -1.21. The molecule has 1 aromatic carbocycles. The molecule has 0 saturated heterocycles. The molecule has 19 heavy (non-hydrogen) atoms. The minimum atomic E-state index is -3.96. The molecule has 0 bridgehead atoms. The van der Waals surface area contributed by atoms with Crippen LogP contribution in [0, 0.1) is 5.82 Å². The van der Waals surface area contributed by atoms with E-state index in [2.05, 4.69) is 4.72 Å². The van der Waals surface area contributed by atoms with Gasteiger partial charge in [0, 0.05) is 25.8 Å². The van der Waals surface area contributed by atoms with Crippen LogP contribution in [0.2, 0.25) is 0 Å². The fraction of sp³-hybridized carbons (Fsp3) is 0.417. The van der Waals surface area contributed by atoms with Gasteiger partial charge in [-0.2, -0.15) is 0 Å². The van der Waals surface area contributed by atoms with E-state index in [1.165, 1.54) is 20.1 Å². The molecule has 0 saturated carbocycles. The lowest BCUT2D eigenvalue weighted by Crippen LogP contribution is -2.26.